The summed E-state index contributed by atoms with van der Waals surface area (Å²) < 4.78 is 14.1. The fraction of sp³-hybridized carbons (Fsp3) is 0.222. The molecule has 3 rings (SSSR count). The third-order valence-electron chi connectivity index (χ3n) is 4.06. The second-order valence-corrected chi connectivity index (χ2v) is 6.00. The van der Waals surface area contributed by atoms with Crippen molar-refractivity contribution in [2.45, 2.75) is 0 Å². The Hall–Kier alpha value is -2.58. The number of rotatable bonds is 2. The largest absolute Gasteiger partial charge is 0.366 e. The van der Waals surface area contributed by atoms with E-state index in [9.17, 15) is 9.18 Å². The number of halogens is 2. The normalized spacial score (nSPS) is 14.4. The van der Waals surface area contributed by atoms with Crippen LogP contribution in [-0.4, -0.2) is 37.0 Å². The summed E-state index contributed by atoms with van der Waals surface area (Å²) in [7, 11) is 0. The van der Waals surface area contributed by atoms with Crippen molar-refractivity contribution in [3.63, 3.8) is 0 Å². The molecule has 1 aliphatic heterocycles. The number of anilines is 1. The second kappa shape index (κ2) is 6.90. The summed E-state index contributed by atoms with van der Waals surface area (Å²) >= 11 is 5.93. The number of nitriles is 1. The van der Waals surface area contributed by atoms with Crippen LogP contribution in [0.3, 0.4) is 0 Å². The molecule has 6 heteroatoms. The van der Waals surface area contributed by atoms with Crippen LogP contribution in [0, 0.1) is 17.1 Å². The lowest BCUT2D eigenvalue weighted by atomic mass is 10.1. The van der Waals surface area contributed by atoms with Gasteiger partial charge in [-0.05, 0) is 36.4 Å². The molecule has 0 spiro atoms. The Bertz CT molecular complexity index is 810. The first-order valence-corrected chi connectivity index (χ1v) is 7.96. The van der Waals surface area contributed by atoms with Crippen LogP contribution in [0.25, 0.3) is 0 Å². The van der Waals surface area contributed by atoms with Crippen LogP contribution in [0.15, 0.2) is 42.5 Å². The van der Waals surface area contributed by atoms with Crippen LogP contribution in [0.2, 0.25) is 5.02 Å². The van der Waals surface area contributed by atoms with Gasteiger partial charge < -0.3 is 9.80 Å². The topological polar surface area (TPSA) is 47.3 Å². The van der Waals surface area contributed by atoms with Crippen molar-refractivity contribution in [3.8, 4) is 6.07 Å². The molecule has 24 heavy (non-hydrogen) atoms. The number of nitrogens with zero attached hydrogens (tertiary/aromatic N) is 3. The van der Waals surface area contributed by atoms with Gasteiger partial charge in [0.05, 0.1) is 17.3 Å². The Morgan fingerprint density at radius 3 is 2.50 bits per heavy atom. The third kappa shape index (κ3) is 3.34. The molecule has 1 heterocycles. The van der Waals surface area contributed by atoms with Crippen LogP contribution in [-0.2, 0) is 0 Å². The molecule has 122 valence electrons. The molecule has 0 aromatic heterocycles. The number of carbonyl (C=O) groups is 1. The fourth-order valence-electron chi connectivity index (χ4n) is 2.79. The van der Waals surface area contributed by atoms with Crippen LogP contribution < -0.4 is 4.90 Å². The van der Waals surface area contributed by atoms with E-state index in [-0.39, 0.29) is 5.91 Å². The molecule has 0 radical (unpaired) electrons. The maximum Gasteiger partial charge on any atom is 0.254 e. The summed E-state index contributed by atoms with van der Waals surface area (Å²) in [6.45, 7) is 2.08. The number of benzene rings is 2. The molecule has 1 amide bonds. The lowest BCUT2D eigenvalue weighted by Gasteiger charge is -2.36. The predicted octanol–water partition coefficient (Wildman–Crippen LogP) is 3.31. The average Bonchev–Trinajstić information content (AvgIpc) is 2.61. The SMILES string of the molecule is N#Cc1ccc(N2CCN(C(=O)c3cccc(Cl)c3)CC2)c(F)c1. The zero-order valence-corrected chi connectivity index (χ0v) is 13.6. The summed E-state index contributed by atoms with van der Waals surface area (Å²) in [6, 6.07) is 13.2. The number of amides is 1. The van der Waals surface area contributed by atoms with Crippen molar-refractivity contribution in [3.05, 3.63) is 64.4 Å². The Morgan fingerprint density at radius 1 is 1.12 bits per heavy atom. The molecule has 2 aromatic carbocycles. The molecule has 0 atom stereocenters. The molecule has 0 unspecified atom stereocenters. The standard InChI is InChI=1S/C18H15ClFN3O/c19-15-3-1-2-14(11-15)18(24)23-8-6-22(7-9-23)17-5-4-13(12-21)10-16(17)20/h1-5,10-11H,6-9H2. The molecule has 1 saturated heterocycles. The zero-order chi connectivity index (χ0) is 17.1. The monoisotopic (exact) mass is 343 g/mol. The molecule has 1 aliphatic rings. The van der Waals surface area contributed by atoms with Gasteiger partial charge in [-0.25, -0.2) is 4.39 Å². The third-order valence-corrected chi connectivity index (χ3v) is 4.29. The van der Waals surface area contributed by atoms with Gasteiger partial charge in [0.15, 0.2) is 0 Å². The molecule has 0 saturated carbocycles. The van der Waals surface area contributed by atoms with Crippen LogP contribution in [0.5, 0.6) is 0 Å². The highest BCUT2D eigenvalue weighted by Crippen LogP contribution is 2.22. The fourth-order valence-corrected chi connectivity index (χ4v) is 2.98. The number of carbonyl (C=O) groups excluding carboxylic acids is 1. The Balaban J connectivity index is 1.68. The van der Waals surface area contributed by atoms with Crippen molar-refractivity contribution in [1.82, 2.24) is 4.90 Å². The van der Waals surface area contributed by atoms with Gasteiger partial charge >= 0.3 is 0 Å². The van der Waals surface area contributed by atoms with E-state index < -0.39 is 5.82 Å². The van der Waals surface area contributed by atoms with E-state index in [2.05, 4.69) is 0 Å². The van der Waals surface area contributed by atoms with Gasteiger partial charge in [-0.15, -0.1) is 0 Å². The van der Waals surface area contributed by atoms with Gasteiger partial charge in [0.1, 0.15) is 5.82 Å². The second-order valence-electron chi connectivity index (χ2n) is 5.57. The molecule has 2 aromatic rings. The van der Waals surface area contributed by atoms with E-state index in [0.29, 0.717) is 48.0 Å². The minimum Gasteiger partial charge on any atom is -0.366 e. The van der Waals surface area contributed by atoms with E-state index >= 15 is 0 Å². The summed E-state index contributed by atoms with van der Waals surface area (Å²) in [6.07, 6.45) is 0. The first kappa shape index (κ1) is 16.3. The number of hydrogen-bond acceptors (Lipinski definition) is 3. The van der Waals surface area contributed by atoms with Gasteiger partial charge in [-0.1, -0.05) is 17.7 Å². The molecule has 0 aliphatic carbocycles. The molecule has 0 bridgehead atoms. The minimum absolute atomic E-state index is 0.0718. The van der Waals surface area contributed by atoms with Crippen molar-refractivity contribution in [2.75, 3.05) is 31.1 Å². The highest BCUT2D eigenvalue weighted by Gasteiger charge is 2.23. The summed E-state index contributed by atoms with van der Waals surface area (Å²) in [5.74, 6) is -0.485. The lowest BCUT2D eigenvalue weighted by Crippen LogP contribution is -2.49. The van der Waals surface area contributed by atoms with Crippen molar-refractivity contribution < 1.29 is 9.18 Å². The van der Waals surface area contributed by atoms with Crippen molar-refractivity contribution in [2.24, 2.45) is 0 Å². The van der Waals surface area contributed by atoms with Crippen LogP contribution in [0.1, 0.15) is 15.9 Å². The predicted molar refractivity (Wildman–Crippen MR) is 90.7 cm³/mol. The van der Waals surface area contributed by atoms with Gasteiger partial charge in [-0.2, -0.15) is 5.26 Å². The molecule has 0 N–H and O–H groups in total. The molecular formula is C18H15ClFN3O. The van der Waals surface area contributed by atoms with E-state index in [4.69, 9.17) is 16.9 Å². The molecule has 1 fully saturated rings. The quantitative estimate of drug-likeness (QED) is 0.840. The summed E-state index contributed by atoms with van der Waals surface area (Å²) in [4.78, 5) is 16.1. The maximum absolute atomic E-state index is 14.1. The summed E-state index contributed by atoms with van der Waals surface area (Å²) in [5, 5.41) is 9.33. The molecular weight excluding hydrogens is 329 g/mol. The minimum atomic E-state index is -0.413. The van der Waals surface area contributed by atoms with E-state index in [1.807, 2.05) is 11.0 Å². The van der Waals surface area contributed by atoms with Crippen LogP contribution in [0.4, 0.5) is 10.1 Å². The zero-order valence-electron chi connectivity index (χ0n) is 12.9. The highest BCUT2D eigenvalue weighted by molar-refractivity contribution is 6.30. The van der Waals surface area contributed by atoms with Crippen molar-refractivity contribution in [1.29, 1.82) is 5.26 Å². The number of piperazine rings is 1. The molecule has 4 nitrogen and oxygen atoms in total. The Kier molecular flexibility index (Phi) is 4.68. The van der Waals surface area contributed by atoms with Crippen LogP contribution >= 0.6 is 11.6 Å². The Labute approximate surface area is 144 Å². The van der Waals surface area contributed by atoms with E-state index in [1.165, 1.54) is 6.07 Å². The van der Waals surface area contributed by atoms with Gasteiger partial charge in [0.2, 0.25) is 0 Å². The first-order chi connectivity index (χ1) is 11.6. The highest BCUT2D eigenvalue weighted by atomic mass is 35.5. The average molecular weight is 344 g/mol. The summed E-state index contributed by atoms with van der Waals surface area (Å²) in [5.41, 5.74) is 1.32. The maximum atomic E-state index is 14.1. The Morgan fingerprint density at radius 2 is 1.88 bits per heavy atom. The first-order valence-electron chi connectivity index (χ1n) is 7.58. The lowest BCUT2D eigenvalue weighted by molar-refractivity contribution is 0.0746. The smallest absolute Gasteiger partial charge is 0.254 e. The number of hydrogen-bond donors (Lipinski definition) is 0. The van der Waals surface area contributed by atoms with E-state index in [1.54, 1.807) is 41.3 Å². The van der Waals surface area contributed by atoms with E-state index in [0.717, 1.165) is 0 Å². The van der Waals surface area contributed by atoms with Gasteiger partial charge in [-0.3, -0.25) is 4.79 Å². The van der Waals surface area contributed by atoms with Gasteiger partial charge in [0, 0.05) is 36.8 Å². The van der Waals surface area contributed by atoms with Gasteiger partial charge in [0.25, 0.3) is 5.91 Å². The van der Waals surface area contributed by atoms with Crippen molar-refractivity contribution >= 4 is 23.2 Å².